The summed E-state index contributed by atoms with van der Waals surface area (Å²) in [7, 11) is 0. The van der Waals surface area contributed by atoms with Crippen molar-refractivity contribution in [1.29, 1.82) is 0 Å². The smallest absolute Gasteiger partial charge is 0.257 e. The van der Waals surface area contributed by atoms with Crippen molar-refractivity contribution in [2.45, 2.75) is 0 Å². The molecule has 0 aliphatic carbocycles. The van der Waals surface area contributed by atoms with Crippen LogP contribution >= 0.6 is 34.5 Å². The zero-order valence-electron chi connectivity index (χ0n) is 11.5. The van der Waals surface area contributed by atoms with E-state index in [1.807, 2.05) is 0 Å². The molecule has 1 heterocycles. The average molecular weight is 367 g/mol. The van der Waals surface area contributed by atoms with Crippen molar-refractivity contribution in [3.8, 4) is 11.3 Å². The summed E-state index contributed by atoms with van der Waals surface area (Å²) in [6.45, 7) is 0. The van der Waals surface area contributed by atoms with Crippen molar-refractivity contribution in [3.05, 3.63) is 69.3 Å². The first-order valence-corrected chi connectivity index (χ1v) is 8.14. The zero-order chi connectivity index (χ0) is 16.4. The van der Waals surface area contributed by atoms with Gasteiger partial charge in [-0.2, -0.15) is 0 Å². The number of benzene rings is 2. The van der Waals surface area contributed by atoms with Crippen LogP contribution in [0.1, 0.15) is 10.4 Å². The lowest BCUT2D eigenvalue weighted by molar-refractivity contribution is 0.102. The first kappa shape index (κ1) is 15.9. The molecule has 2 aromatic carbocycles. The maximum Gasteiger partial charge on any atom is 0.257 e. The minimum Gasteiger partial charge on any atom is -0.298 e. The van der Waals surface area contributed by atoms with E-state index in [4.69, 9.17) is 23.2 Å². The van der Waals surface area contributed by atoms with E-state index < -0.39 is 11.7 Å². The fourth-order valence-electron chi connectivity index (χ4n) is 1.95. The third-order valence-corrected chi connectivity index (χ3v) is 4.34. The monoisotopic (exact) mass is 366 g/mol. The molecule has 0 aliphatic heterocycles. The van der Waals surface area contributed by atoms with Crippen LogP contribution in [0.4, 0.5) is 9.52 Å². The Hall–Kier alpha value is -1.95. The number of carbonyl (C=O) groups excluding carboxylic acids is 1. The maximum atomic E-state index is 13.2. The Kier molecular flexibility index (Phi) is 4.61. The second-order valence-electron chi connectivity index (χ2n) is 4.63. The number of aromatic nitrogens is 1. The molecule has 0 bridgehead atoms. The van der Waals surface area contributed by atoms with Gasteiger partial charge in [0, 0.05) is 21.5 Å². The highest BCUT2D eigenvalue weighted by molar-refractivity contribution is 7.14. The SMILES string of the molecule is O=C(Nc1nc(-c2cc(Cl)ccc2Cl)cs1)c1cccc(F)c1. The van der Waals surface area contributed by atoms with Gasteiger partial charge in [0.25, 0.3) is 5.91 Å². The lowest BCUT2D eigenvalue weighted by Gasteiger charge is -2.02. The van der Waals surface area contributed by atoms with Crippen molar-refractivity contribution in [2.24, 2.45) is 0 Å². The van der Waals surface area contributed by atoms with Gasteiger partial charge in [0.15, 0.2) is 5.13 Å². The van der Waals surface area contributed by atoms with Crippen molar-refractivity contribution >= 4 is 45.6 Å². The van der Waals surface area contributed by atoms with Crippen LogP contribution < -0.4 is 5.32 Å². The van der Waals surface area contributed by atoms with Gasteiger partial charge in [0.05, 0.1) is 10.7 Å². The van der Waals surface area contributed by atoms with E-state index in [0.29, 0.717) is 26.4 Å². The molecule has 0 atom stereocenters. The second-order valence-corrected chi connectivity index (χ2v) is 6.33. The van der Waals surface area contributed by atoms with E-state index in [0.717, 1.165) is 6.07 Å². The number of anilines is 1. The predicted octanol–water partition coefficient (Wildman–Crippen LogP) is 5.51. The fraction of sp³-hybridized carbons (Fsp3) is 0. The van der Waals surface area contributed by atoms with Crippen LogP contribution in [0.15, 0.2) is 47.8 Å². The van der Waals surface area contributed by atoms with Gasteiger partial charge >= 0.3 is 0 Å². The summed E-state index contributed by atoms with van der Waals surface area (Å²) in [5, 5.41) is 5.85. The number of hydrogen-bond donors (Lipinski definition) is 1. The van der Waals surface area contributed by atoms with Crippen molar-refractivity contribution < 1.29 is 9.18 Å². The van der Waals surface area contributed by atoms with Crippen LogP contribution in [-0.4, -0.2) is 10.9 Å². The highest BCUT2D eigenvalue weighted by Gasteiger charge is 2.12. The van der Waals surface area contributed by atoms with Crippen molar-refractivity contribution in [1.82, 2.24) is 4.98 Å². The molecule has 1 amide bonds. The Labute approximate surface area is 145 Å². The Morgan fingerprint density at radius 3 is 2.78 bits per heavy atom. The topological polar surface area (TPSA) is 42.0 Å². The summed E-state index contributed by atoms with van der Waals surface area (Å²) < 4.78 is 13.2. The molecule has 1 aromatic heterocycles. The highest BCUT2D eigenvalue weighted by atomic mass is 35.5. The van der Waals surface area contributed by atoms with Gasteiger partial charge in [0.1, 0.15) is 5.82 Å². The summed E-state index contributed by atoms with van der Waals surface area (Å²) in [4.78, 5) is 16.4. The van der Waals surface area contributed by atoms with Gasteiger partial charge < -0.3 is 0 Å². The van der Waals surface area contributed by atoms with Crippen LogP contribution in [0.5, 0.6) is 0 Å². The van der Waals surface area contributed by atoms with E-state index in [9.17, 15) is 9.18 Å². The number of hydrogen-bond acceptors (Lipinski definition) is 3. The highest BCUT2D eigenvalue weighted by Crippen LogP contribution is 2.32. The fourth-order valence-corrected chi connectivity index (χ4v) is 3.04. The van der Waals surface area contributed by atoms with Crippen molar-refractivity contribution in [3.63, 3.8) is 0 Å². The van der Waals surface area contributed by atoms with E-state index in [-0.39, 0.29) is 5.56 Å². The van der Waals surface area contributed by atoms with Gasteiger partial charge in [-0.05, 0) is 36.4 Å². The zero-order valence-corrected chi connectivity index (χ0v) is 13.8. The number of amides is 1. The number of thiazole rings is 1. The molecule has 3 nitrogen and oxygen atoms in total. The molecule has 1 N–H and O–H groups in total. The normalized spacial score (nSPS) is 10.6. The molecule has 0 unspecified atom stereocenters. The van der Waals surface area contributed by atoms with Gasteiger partial charge in [-0.15, -0.1) is 11.3 Å². The third-order valence-electron chi connectivity index (χ3n) is 3.02. The van der Waals surface area contributed by atoms with Crippen molar-refractivity contribution in [2.75, 3.05) is 5.32 Å². The molecular formula is C16H9Cl2FN2OS. The summed E-state index contributed by atoms with van der Waals surface area (Å²) in [5.41, 5.74) is 1.52. The first-order chi connectivity index (χ1) is 11.0. The predicted molar refractivity (Wildman–Crippen MR) is 91.9 cm³/mol. The molecule has 0 saturated carbocycles. The third kappa shape index (κ3) is 3.69. The molecule has 0 radical (unpaired) electrons. The molecule has 7 heteroatoms. The number of rotatable bonds is 3. The summed E-state index contributed by atoms with van der Waals surface area (Å²) in [5.74, 6) is -0.897. The molecule has 0 saturated heterocycles. The average Bonchev–Trinajstić information content (AvgIpc) is 2.98. The first-order valence-electron chi connectivity index (χ1n) is 6.51. The van der Waals surface area contributed by atoms with E-state index in [1.165, 1.54) is 29.5 Å². The van der Waals surface area contributed by atoms with Crippen LogP contribution in [0, 0.1) is 5.82 Å². The quantitative estimate of drug-likeness (QED) is 0.663. The molecule has 3 aromatic rings. The second kappa shape index (κ2) is 6.66. The summed E-state index contributed by atoms with van der Waals surface area (Å²) in [6.07, 6.45) is 0. The number of nitrogens with one attached hydrogen (secondary N) is 1. The maximum absolute atomic E-state index is 13.2. The molecule has 23 heavy (non-hydrogen) atoms. The minimum atomic E-state index is -0.469. The Morgan fingerprint density at radius 2 is 2.00 bits per heavy atom. The van der Waals surface area contributed by atoms with Gasteiger partial charge in [0.2, 0.25) is 0 Å². The van der Waals surface area contributed by atoms with E-state index in [2.05, 4.69) is 10.3 Å². The Morgan fingerprint density at radius 1 is 1.17 bits per heavy atom. The molecule has 0 fully saturated rings. The lowest BCUT2D eigenvalue weighted by Crippen LogP contribution is -2.11. The van der Waals surface area contributed by atoms with Gasteiger partial charge in [-0.25, -0.2) is 9.37 Å². The van der Waals surface area contributed by atoms with Gasteiger partial charge in [-0.1, -0.05) is 29.3 Å². The summed E-state index contributed by atoms with van der Waals surface area (Å²) in [6, 6.07) is 10.5. The van der Waals surface area contributed by atoms with Crippen LogP contribution in [0.3, 0.4) is 0 Å². The Balaban J connectivity index is 1.82. The molecule has 0 spiro atoms. The number of carbonyl (C=O) groups is 1. The van der Waals surface area contributed by atoms with Crippen LogP contribution in [0.2, 0.25) is 10.0 Å². The van der Waals surface area contributed by atoms with E-state index in [1.54, 1.807) is 23.6 Å². The minimum absolute atomic E-state index is 0.225. The largest absolute Gasteiger partial charge is 0.298 e. The summed E-state index contributed by atoms with van der Waals surface area (Å²) >= 11 is 13.3. The molecule has 3 rings (SSSR count). The van der Waals surface area contributed by atoms with E-state index >= 15 is 0 Å². The molecular weight excluding hydrogens is 358 g/mol. The molecule has 0 aliphatic rings. The standard InChI is InChI=1S/C16H9Cl2FN2OS/c17-10-4-5-13(18)12(7-10)14-8-23-16(20-14)21-15(22)9-2-1-3-11(19)6-9/h1-8H,(H,20,21,22). The molecule has 116 valence electrons. The lowest BCUT2D eigenvalue weighted by atomic mass is 10.2. The van der Waals surface area contributed by atoms with Gasteiger partial charge in [-0.3, -0.25) is 10.1 Å². The number of nitrogens with zero attached hydrogens (tertiary/aromatic N) is 1. The number of halogens is 3. The Bertz CT molecular complexity index is 882. The van der Waals surface area contributed by atoms with Crippen LogP contribution in [0.25, 0.3) is 11.3 Å². The van der Waals surface area contributed by atoms with Crippen LogP contribution in [-0.2, 0) is 0 Å².